The van der Waals surface area contributed by atoms with Gasteiger partial charge in [-0.15, -0.1) is 0 Å². The van der Waals surface area contributed by atoms with Crippen molar-refractivity contribution in [3.63, 3.8) is 0 Å². The molecule has 3 nitrogen and oxygen atoms in total. The maximum atomic E-state index is 5.36. The Bertz CT molecular complexity index is 529. The van der Waals surface area contributed by atoms with Crippen LogP contribution in [0.5, 0.6) is 5.75 Å². The van der Waals surface area contributed by atoms with Gasteiger partial charge in [0, 0.05) is 22.5 Å². The van der Waals surface area contributed by atoms with Gasteiger partial charge in [-0.2, -0.15) is 0 Å². The van der Waals surface area contributed by atoms with E-state index in [1.165, 1.54) is 0 Å². The molecule has 0 spiro atoms. The first kappa shape index (κ1) is 11.7. The van der Waals surface area contributed by atoms with Crippen LogP contribution in [0, 0.1) is 0 Å². The maximum absolute atomic E-state index is 5.36. The number of anilines is 1. The molecule has 2 rings (SSSR count). The number of methoxy groups -OCH3 is 1. The highest BCUT2D eigenvalue weighted by atomic mass is 16.5. The Morgan fingerprint density at radius 3 is 2.53 bits per heavy atom. The molecular weight excluding hydrogens is 212 g/mol. The predicted molar refractivity (Wildman–Crippen MR) is 71.7 cm³/mol. The molecule has 1 aromatic carbocycles. The first-order valence-electron chi connectivity index (χ1n) is 5.71. The van der Waals surface area contributed by atoms with Crippen LogP contribution in [0.2, 0.25) is 0 Å². The van der Waals surface area contributed by atoms with Crippen molar-refractivity contribution < 1.29 is 4.74 Å². The molecule has 90 valence electrons. The Kier molecular flexibility index (Phi) is 2.92. The van der Waals surface area contributed by atoms with Crippen LogP contribution in [0.15, 0.2) is 30.5 Å². The van der Waals surface area contributed by atoms with Gasteiger partial charge in [0.2, 0.25) is 0 Å². The molecule has 0 bridgehead atoms. The highest BCUT2D eigenvalue weighted by molar-refractivity contribution is 5.95. The maximum Gasteiger partial charge on any atom is 0.134 e. The number of hydrogen-bond acceptors (Lipinski definition) is 3. The zero-order valence-electron chi connectivity index (χ0n) is 10.7. The van der Waals surface area contributed by atoms with Crippen LogP contribution in [0.4, 0.5) is 5.82 Å². The summed E-state index contributed by atoms with van der Waals surface area (Å²) in [5.74, 6) is 1.77. The van der Waals surface area contributed by atoms with Crippen molar-refractivity contribution in [3.05, 3.63) is 30.5 Å². The summed E-state index contributed by atoms with van der Waals surface area (Å²) in [5, 5.41) is 5.57. The van der Waals surface area contributed by atoms with E-state index >= 15 is 0 Å². The summed E-state index contributed by atoms with van der Waals surface area (Å²) < 4.78 is 5.36. The molecule has 0 amide bonds. The number of ether oxygens (including phenoxy) is 1. The minimum Gasteiger partial charge on any atom is -0.496 e. The molecule has 0 radical (unpaired) electrons. The van der Waals surface area contributed by atoms with Gasteiger partial charge in [0.15, 0.2) is 0 Å². The summed E-state index contributed by atoms with van der Waals surface area (Å²) in [6.07, 6.45) is 1.80. The lowest BCUT2D eigenvalue weighted by molar-refractivity contribution is 0.420. The van der Waals surface area contributed by atoms with Crippen LogP contribution in [0.1, 0.15) is 20.8 Å². The minimum absolute atomic E-state index is 0.00956. The number of fused-ring (bicyclic) bond motifs is 1. The van der Waals surface area contributed by atoms with Gasteiger partial charge < -0.3 is 10.1 Å². The average molecular weight is 230 g/mol. The molecule has 1 aromatic heterocycles. The highest BCUT2D eigenvalue weighted by Crippen LogP contribution is 2.30. The van der Waals surface area contributed by atoms with Gasteiger partial charge in [-0.25, -0.2) is 4.98 Å². The molecule has 17 heavy (non-hydrogen) atoms. The molecule has 0 atom stereocenters. The van der Waals surface area contributed by atoms with Crippen LogP contribution in [-0.4, -0.2) is 17.6 Å². The van der Waals surface area contributed by atoms with Crippen molar-refractivity contribution in [2.45, 2.75) is 26.3 Å². The van der Waals surface area contributed by atoms with Crippen LogP contribution in [-0.2, 0) is 0 Å². The summed E-state index contributed by atoms with van der Waals surface area (Å²) in [6, 6.07) is 7.97. The summed E-state index contributed by atoms with van der Waals surface area (Å²) in [7, 11) is 1.69. The second-order valence-electron chi connectivity index (χ2n) is 5.09. The molecule has 0 aliphatic rings. The summed E-state index contributed by atoms with van der Waals surface area (Å²) in [6.45, 7) is 6.36. The fourth-order valence-corrected chi connectivity index (χ4v) is 1.81. The van der Waals surface area contributed by atoms with E-state index in [0.29, 0.717) is 0 Å². The summed E-state index contributed by atoms with van der Waals surface area (Å²) in [5.41, 5.74) is -0.00956. The normalized spacial score (nSPS) is 11.5. The third-order valence-electron chi connectivity index (χ3n) is 2.48. The standard InChI is InChI=1S/C14H18N2O/c1-14(2,3)16-13-11-6-5-7-12(17-4)10(11)8-9-15-13/h5-9H,1-4H3,(H,15,16). The lowest BCUT2D eigenvalue weighted by Crippen LogP contribution is -2.26. The molecule has 0 fully saturated rings. The lowest BCUT2D eigenvalue weighted by Gasteiger charge is -2.22. The van der Waals surface area contributed by atoms with Crippen molar-refractivity contribution in [2.24, 2.45) is 0 Å². The smallest absolute Gasteiger partial charge is 0.134 e. The molecule has 2 aromatic rings. The number of nitrogens with one attached hydrogen (secondary N) is 1. The quantitative estimate of drug-likeness (QED) is 0.858. The predicted octanol–water partition coefficient (Wildman–Crippen LogP) is 3.45. The van der Waals surface area contributed by atoms with E-state index < -0.39 is 0 Å². The van der Waals surface area contributed by atoms with Crippen LogP contribution < -0.4 is 10.1 Å². The molecule has 0 unspecified atom stereocenters. The van der Waals surface area contributed by atoms with Crippen LogP contribution in [0.3, 0.4) is 0 Å². The van der Waals surface area contributed by atoms with E-state index in [4.69, 9.17) is 4.74 Å². The fraction of sp³-hybridized carbons (Fsp3) is 0.357. The molecule has 0 aliphatic carbocycles. The average Bonchev–Trinajstić information content (AvgIpc) is 2.27. The third-order valence-corrected chi connectivity index (χ3v) is 2.48. The van der Waals surface area contributed by atoms with E-state index in [9.17, 15) is 0 Å². The van der Waals surface area contributed by atoms with Gasteiger partial charge in [0.1, 0.15) is 11.6 Å². The first-order valence-corrected chi connectivity index (χ1v) is 5.71. The van der Waals surface area contributed by atoms with Crippen LogP contribution >= 0.6 is 0 Å². The highest BCUT2D eigenvalue weighted by Gasteiger charge is 2.13. The zero-order valence-corrected chi connectivity index (χ0v) is 10.7. The minimum atomic E-state index is -0.00956. The van der Waals surface area contributed by atoms with E-state index in [0.717, 1.165) is 22.3 Å². The molecule has 0 aliphatic heterocycles. The van der Waals surface area contributed by atoms with Crippen molar-refractivity contribution in [1.82, 2.24) is 4.98 Å². The SMILES string of the molecule is COc1cccc2c(NC(C)(C)C)nccc12. The topological polar surface area (TPSA) is 34.1 Å². The molecule has 1 heterocycles. The number of nitrogens with zero attached hydrogens (tertiary/aromatic N) is 1. The Labute approximate surface area is 102 Å². The second-order valence-corrected chi connectivity index (χ2v) is 5.09. The molecule has 1 N–H and O–H groups in total. The van der Waals surface area contributed by atoms with Crippen molar-refractivity contribution in [2.75, 3.05) is 12.4 Å². The van der Waals surface area contributed by atoms with E-state index in [2.05, 4.69) is 37.1 Å². The largest absolute Gasteiger partial charge is 0.496 e. The number of benzene rings is 1. The summed E-state index contributed by atoms with van der Waals surface area (Å²) in [4.78, 5) is 4.40. The molecule has 0 saturated heterocycles. The number of aromatic nitrogens is 1. The van der Waals surface area contributed by atoms with Gasteiger partial charge >= 0.3 is 0 Å². The van der Waals surface area contributed by atoms with Gasteiger partial charge in [0.25, 0.3) is 0 Å². The monoisotopic (exact) mass is 230 g/mol. The third kappa shape index (κ3) is 2.49. The Balaban J connectivity index is 2.58. The van der Waals surface area contributed by atoms with Gasteiger partial charge in [-0.1, -0.05) is 12.1 Å². The van der Waals surface area contributed by atoms with Crippen LogP contribution in [0.25, 0.3) is 10.8 Å². The van der Waals surface area contributed by atoms with Crippen molar-refractivity contribution >= 4 is 16.6 Å². The van der Waals surface area contributed by atoms with E-state index in [-0.39, 0.29) is 5.54 Å². The first-order chi connectivity index (χ1) is 8.01. The Hall–Kier alpha value is -1.77. The Morgan fingerprint density at radius 2 is 1.88 bits per heavy atom. The number of pyridine rings is 1. The number of rotatable bonds is 2. The molecule has 3 heteroatoms. The van der Waals surface area contributed by atoms with E-state index in [1.807, 2.05) is 18.2 Å². The second kappa shape index (κ2) is 4.24. The van der Waals surface area contributed by atoms with E-state index in [1.54, 1.807) is 13.3 Å². The fourth-order valence-electron chi connectivity index (χ4n) is 1.81. The zero-order chi connectivity index (χ0) is 12.5. The molecule has 0 saturated carbocycles. The molecular formula is C14H18N2O. The lowest BCUT2D eigenvalue weighted by atomic mass is 10.1. The number of hydrogen-bond donors (Lipinski definition) is 1. The van der Waals surface area contributed by atoms with Crippen molar-refractivity contribution in [1.29, 1.82) is 0 Å². The Morgan fingerprint density at radius 1 is 1.12 bits per heavy atom. The summed E-state index contributed by atoms with van der Waals surface area (Å²) >= 11 is 0. The van der Waals surface area contributed by atoms with Gasteiger partial charge in [0.05, 0.1) is 7.11 Å². The van der Waals surface area contributed by atoms with Crippen molar-refractivity contribution in [3.8, 4) is 5.75 Å². The van der Waals surface area contributed by atoms with Gasteiger partial charge in [-0.3, -0.25) is 0 Å². The van der Waals surface area contributed by atoms with Gasteiger partial charge in [-0.05, 0) is 32.9 Å².